The SMILES string of the molecule is CCCCP(CCCC)c1cc2c(C)ccc(C)c2[cH-]1.CCCCP(CCCC)c1cc2c(C)ccc(C)c2[cH-]1.CCCCP(CCCC)c1cc2c(C)ccc(C)c2[cH-]1.CCCCP(CCCC)c1cc2c(C)ccc(C)c2[cH-]1.[Cl-].[Cl-].[Ti+2].[Ti+2]. The summed E-state index contributed by atoms with van der Waals surface area (Å²) in [6.07, 6.45) is 33.0. The molecule has 0 spiro atoms. The molecule has 0 nitrogen and oxygen atoms in total. The molecule has 0 amide bonds. The summed E-state index contributed by atoms with van der Waals surface area (Å²) in [5.41, 5.74) is 11.4. The van der Waals surface area contributed by atoms with Crippen LogP contribution in [0.25, 0.3) is 43.1 Å². The molecule has 0 aliphatic carbocycles. The monoisotopic (exact) mass is 1310 g/mol. The molecule has 0 aliphatic rings. The van der Waals surface area contributed by atoms with Crippen molar-refractivity contribution in [3.8, 4) is 0 Å². The van der Waals surface area contributed by atoms with Gasteiger partial charge in [0.2, 0.25) is 0 Å². The van der Waals surface area contributed by atoms with Crippen LogP contribution < -0.4 is 46.0 Å². The third kappa shape index (κ3) is 24.0. The van der Waals surface area contributed by atoms with Crippen molar-refractivity contribution in [2.45, 2.75) is 214 Å². The van der Waals surface area contributed by atoms with Crippen molar-refractivity contribution in [3.63, 3.8) is 0 Å². The fourth-order valence-corrected chi connectivity index (χ4v) is 22.3. The van der Waals surface area contributed by atoms with Gasteiger partial charge in [0.15, 0.2) is 0 Å². The van der Waals surface area contributed by atoms with Crippen molar-refractivity contribution in [2.24, 2.45) is 0 Å². The normalized spacial score (nSPS) is 11.1. The maximum atomic E-state index is 2.49. The van der Waals surface area contributed by atoms with Gasteiger partial charge in [-0.25, -0.2) is 0 Å². The second-order valence-electron chi connectivity index (χ2n) is 23.7. The van der Waals surface area contributed by atoms with E-state index in [0.717, 1.165) is 0 Å². The Morgan fingerprint density at radius 2 is 0.393 bits per heavy atom. The predicted octanol–water partition coefficient (Wildman–Crippen LogP) is 17.5. The van der Waals surface area contributed by atoms with Crippen molar-refractivity contribution < 1.29 is 68.2 Å². The summed E-state index contributed by atoms with van der Waals surface area (Å²) in [7, 11) is 0.243. The van der Waals surface area contributed by atoms with E-state index < -0.39 is 0 Å². The van der Waals surface area contributed by atoms with E-state index in [9.17, 15) is 0 Å². The van der Waals surface area contributed by atoms with E-state index >= 15 is 0 Å². The zero-order valence-corrected chi connectivity index (χ0v) is 64.0. The average molecular weight is 1320 g/mol. The number of fused-ring (bicyclic) bond motifs is 4. The van der Waals surface area contributed by atoms with E-state index in [1.165, 1.54) is 240 Å². The third-order valence-corrected chi connectivity index (χ3v) is 27.7. The van der Waals surface area contributed by atoms with Crippen LogP contribution in [0, 0.1) is 55.4 Å². The third-order valence-electron chi connectivity index (χ3n) is 16.9. The smallest absolute Gasteiger partial charge is 1.00 e. The number of aryl methyl sites for hydroxylation is 8. The first-order chi connectivity index (χ1) is 38.7. The van der Waals surface area contributed by atoms with Gasteiger partial charge in [-0.15, -0.1) is 135 Å². The van der Waals surface area contributed by atoms with Gasteiger partial charge in [-0.05, 0) is 128 Å². The molecule has 0 saturated carbocycles. The van der Waals surface area contributed by atoms with Crippen LogP contribution in [0.2, 0.25) is 0 Å². The van der Waals surface area contributed by atoms with Gasteiger partial charge < -0.3 is 24.8 Å². The molecule has 8 rings (SSSR count). The topological polar surface area (TPSA) is 0 Å². The molecule has 0 saturated heterocycles. The molecule has 460 valence electrons. The standard InChI is InChI=1S/4C19H28P.2ClH.2Ti/c4*1-5-7-11-20(12-8-6-2)17-13-18-15(3)9-10-16(4)19(18)14-17;;;;/h4*9-10,13-14H,5-8,11-12H2,1-4H3;2*1H;;/q4*-1;;;2*+2/p-2. The minimum atomic E-state index is 0. The summed E-state index contributed by atoms with van der Waals surface area (Å²) >= 11 is 0. The minimum Gasteiger partial charge on any atom is -1.00 e. The molecule has 0 bridgehead atoms. The molecule has 0 unspecified atom stereocenters. The number of unbranched alkanes of at least 4 members (excludes halogenated alkanes) is 8. The van der Waals surface area contributed by atoms with Crippen molar-refractivity contribution >= 4 is 96.0 Å². The van der Waals surface area contributed by atoms with E-state index in [1.54, 1.807) is 21.2 Å². The van der Waals surface area contributed by atoms with Crippen molar-refractivity contribution in [1.29, 1.82) is 0 Å². The Hall–Kier alpha value is -0.951. The van der Waals surface area contributed by atoms with Crippen LogP contribution in [0.4, 0.5) is 0 Å². The van der Waals surface area contributed by atoms with Crippen LogP contribution in [0.5, 0.6) is 0 Å². The molecule has 0 aliphatic heterocycles. The van der Waals surface area contributed by atoms with Crippen LogP contribution >= 0.6 is 31.7 Å². The number of halogens is 2. The van der Waals surface area contributed by atoms with E-state index in [1.807, 2.05) is 0 Å². The van der Waals surface area contributed by atoms with Gasteiger partial charge in [-0.3, -0.25) is 0 Å². The zero-order chi connectivity index (χ0) is 58.1. The van der Waals surface area contributed by atoms with Crippen LogP contribution in [-0.2, 0) is 43.4 Å². The van der Waals surface area contributed by atoms with Gasteiger partial charge >= 0.3 is 43.4 Å². The Balaban J connectivity index is 0.000000551. The second-order valence-corrected chi connectivity index (χ2v) is 33.7. The van der Waals surface area contributed by atoms with Crippen LogP contribution in [0.15, 0.2) is 97.1 Å². The summed E-state index contributed by atoms with van der Waals surface area (Å²) in [5, 5.41) is 18.5. The molecule has 0 atom stereocenters. The van der Waals surface area contributed by atoms with Crippen molar-refractivity contribution in [3.05, 3.63) is 142 Å². The summed E-state index contributed by atoms with van der Waals surface area (Å²) in [5.74, 6) is 0. The average Bonchev–Trinajstić information content (AvgIpc) is 4.52. The molecule has 8 aromatic rings. The summed E-state index contributed by atoms with van der Waals surface area (Å²) in [6, 6.07) is 38.1. The van der Waals surface area contributed by atoms with Gasteiger partial charge in [0, 0.05) is 0 Å². The molecule has 84 heavy (non-hydrogen) atoms. The van der Waals surface area contributed by atoms with Gasteiger partial charge in [0.05, 0.1) is 0 Å². The van der Waals surface area contributed by atoms with E-state index in [4.69, 9.17) is 0 Å². The van der Waals surface area contributed by atoms with E-state index in [0.29, 0.717) is 0 Å². The first-order valence-electron chi connectivity index (χ1n) is 32.3. The minimum absolute atomic E-state index is 0. The van der Waals surface area contributed by atoms with Gasteiger partial charge in [0.25, 0.3) is 0 Å². The molecule has 0 radical (unpaired) electrons. The Morgan fingerprint density at radius 3 is 0.524 bits per heavy atom. The summed E-state index contributed by atoms with van der Waals surface area (Å²) in [4.78, 5) is 0. The molecule has 0 heterocycles. The number of hydrogen-bond acceptors (Lipinski definition) is 0. The zero-order valence-electron chi connectivity index (χ0n) is 55.8. The Kier molecular flexibility index (Phi) is 42.2. The summed E-state index contributed by atoms with van der Waals surface area (Å²) < 4.78 is 0. The maximum Gasteiger partial charge on any atom is 2.00 e. The number of rotatable bonds is 28. The first kappa shape index (κ1) is 81.1. The van der Waals surface area contributed by atoms with Crippen LogP contribution in [0.3, 0.4) is 0 Å². The van der Waals surface area contributed by atoms with E-state index in [2.05, 4.69) is 208 Å². The fraction of sp³-hybridized carbons (Fsp3) is 0.526. The van der Waals surface area contributed by atoms with E-state index in [-0.39, 0.29) is 99.9 Å². The molecule has 0 aromatic heterocycles. The van der Waals surface area contributed by atoms with Gasteiger partial charge in [-0.1, -0.05) is 213 Å². The Labute approximate surface area is 563 Å². The molecule has 8 aromatic carbocycles. The van der Waals surface area contributed by atoms with Crippen molar-refractivity contribution in [1.82, 2.24) is 0 Å². The van der Waals surface area contributed by atoms with Gasteiger partial charge in [0.1, 0.15) is 0 Å². The molecule has 0 N–H and O–H groups in total. The maximum absolute atomic E-state index is 2.49. The van der Waals surface area contributed by atoms with Crippen LogP contribution in [-0.4, -0.2) is 49.3 Å². The van der Waals surface area contributed by atoms with Crippen LogP contribution in [0.1, 0.15) is 203 Å². The molecule has 0 fully saturated rings. The first-order valence-corrected chi connectivity index (χ1v) is 39.2. The number of benzene rings is 4. The molecular formula is C76H112Cl2P4Ti2-2. The fourth-order valence-electron chi connectivity index (χ4n) is 11.3. The molecule has 8 heteroatoms. The van der Waals surface area contributed by atoms with Crippen molar-refractivity contribution in [2.75, 3.05) is 49.3 Å². The Morgan fingerprint density at radius 1 is 0.250 bits per heavy atom. The molecular weight excluding hydrogens is 1200 g/mol. The summed E-state index contributed by atoms with van der Waals surface area (Å²) in [6.45, 7) is 36.4. The Bertz CT molecular complexity index is 2450. The second kappa shape index (κ2) is 43.7. The number of hydrogen-bond donors (Lipinski definition) is 0. The van der Waals surface area contributed by atoms with Gasteiger partial charge in [-0.2, -0.15) is 24.3 Å². The quantitative estimate of drug-likeness (QED) is 0.0260. The predicted molar refractivity (Wildman–Crippen MR) is 380 cm³/mol. The largest absolute Gasteiger partial charge is 2.00 e.